The number of carbonyl (C=O) groups excluding carboxylic acids is 1. The van der Waals surface area contributed by atoms with Crippen molar-refractivity contribution >= 4 is 5.91 Å². The maximum absolute atomic E-state index is 12.5. The number of hydrogen-bond acceptors (Lipinski definition) is 3. The van der Waals surface area contributed by atoms with Gasteiger partial charge in [0.2, 0.25) is 0 Å². The Labute approximate surface area is 123 Å². The molecule has 2 aliphatic rings. The minimum atomic E-state index is -0.0165. The molecule has 1 saturated heterocycles. The number of fused-ring (bicyclic) bond motifs is 1. The van der Waals surface area contributed by atoms with E-state index in [0.29, 0.717) is 18.2 Å². The lowest BCUT2D eigenvalue weighted by atomic mass is 10.1. The smallest absolute Gasteiger partial charge is 0.289 e. The first-order valence-corrected chi connectivity index (χ1v) is 7.36. The zero-order valence-electron chi connectivity index (χ0n) is 11.8. The molecule has 0 spiro atoms. The highest BCUT2D eigenvalue weighted by Gasteiger charge is 2.59. The average Bonchev–Trinajstić information content (AvgIpc) is 2.93. The number of nitrogens with zero attached hydrogens (tertiary/aromatic N) is 1. The van der Waals surface area contributed by atoms with Crippen molar-refractivity contribution in [3.8, 4) is 11.3 Å². The fraction of sp³-hybridized carbons (Fsp3) is 0.353. The Morgan fingerprint density at radius 1 is 1.29 bits per heavy atom. The van der Waals surface area contributed by atoms with Crippen molar-refractivity contribution in [1.82, 2.24) is 4.90 Å². The second kappa shape index (κ2) is 4.46. The van der Waals surface area contributed by atoms with Gasteiger partial charge in [-0.15, -0.1) is 0 Å². The van der Waals surface area contributed by atoms with Crippen LogP contribution in [0.3, 0.4) is 0 Å². The fourth-order valence-electron chi connectivity index (χ4n) is 3.43. The molecule has 2 atom stereocenters. The van der Waals surface area contributed by atoms with Gasteiger partial charge in [0.15, 0.2) is 5.76 Å². The molecule has 4 nitrogen and oxygen atoms in total. The van der Waals surface area contributed by atoms with Crippen molar-refractivity contribution in [2.45, 2.75) is 6.42 Å². The molecule has 108 valence electrons. The molecule has 2 N–H and O–H groups in total. The lowest BCUT2D eigenvalue weighted by molar-refractivity contribution is 0.0735. The summed E-state index contributed by atoms with van der Waals surface area (Å²) in [4.78, 5) is 14.4. The number of nitrogens with two attached hydrogens (primary N) is 1. The molecule has 2 fully saturated rings. The molecule has 2 heterocycles. The molecule has 1 aliphatic heterocycles. The number of hydrogen-bond donors (Lipinski definition) is 1. The van der Waals surface area contributed by atoms with E-state index in [1.54, 1.807) is 6.07 Å². The number of likely N-dealkylation sites (tertiary alicyclic amines) is 1. The Hall–Kier alpha value is -2.07. The Morgan fingerprint density at radius 3 is 2.81 bits per heavy atom. The predicted molar refractivity (Wildman–Crippen MR) is 79.6 cm³/mol. The summed E-state index contributed by atoms with van der Waals surface area (Å²) in [5, 5.41) is 0. The van der Waals surface area contributed by atoms with Crippen LogP contribution in [0.5, 0.6) is 0 Å². The van der Waals surface area contributed by atoms with E-state index in [4.69, 9.17) is 10.2 Å². The van der Waals surface area contributed by atoms with Crippen LogP contribution in [0.2, 0.25) is 0 Å². The lowest BCUT2D eigenvalue weighted by Gasteiger charge is -2.19. The lowest BCUT2D eigenvalue weighted by Crippen LogP contribution is -2.33. The zero-order valence-corrected chi connectivity index (χ0v) is 11.8. The zero-order chi connectivity index (χ0) is 14.4. The molecular formula is C17H18N2O2. The minimum Gasteiger partial charge on any atom is -0.451 e. The van der Waals surface area contributed by atoms with Crippen molar-refractivity contribution in [2.75, 3.05) is 19.6 Å². The predicted octanol–water partition coefficient (Wildman–Crippen LogP) is 2.37. The van der Waals surface area contributed by atoms with Gasteiger partial charge < -0.3 is 15.1 Å². The van der Waals surface area contributed by atoms with E-state index in [1.165, 1.54) is 6.42 Å². The monoisotopic (exact) mass is 282 g/mol. The Bertz CT molecular complexity index is 675. The van der Waals surface area contributed by atoms with Gasteiger partial charge in [0.1, 0.15) is 5.76 Å². The Balaban J connectivity index is 1.53. The van der Waals surface area contributed by atoms with Crippen molar-refractivity contribution < 1.29 is 9.21 Å². The number of amides is 1. The highest BCUT2D eigenvalue weighted by molar-refractivity contribution is 5.92. The largest absolute Gasteiger partial charge is 0.451 e. The fourth-order valence-corrected chi connectivity index (χ4v) is 3.43. The first-order chi connectivity index (χ1) is 10.2. The van der Waals surface area contributed by atoms with Crippen LogP contribution in [0.15, 0.2) is 46.9 Å². The van der Waals surface area contributed by atoms with Crippen LogP contribution in [0.25, 0.3) is 11.3 Å². The van der Waals surface area contributed by atoms with Gasteiger partial charge in [-0.2, -0.15) is 0 Å². The standard InChI is InChI=1S/C17H18N2O2/c18-10-17-8-13(17)9-19(11-17)16(20)15-7-6-14(21-15)12-4-2-1-3-5-12/h1-7,13H,8-11,18H2/t13-,17-/m1/s1. The summed E-state index contributed by atoms with van der Waals surface area (Å²) in [7, 11) is 0. The molecule has 0 radical (unpaired) electrons. The SMILES string of the molecule is NC[C@@]12C[C@@H]1CN(C(=O)c1ccc(-c3ccccc3)o1)C2. The van der Waals surface area contributed by atoms with Crippen LogP contribution < -0.4 is 5.73 Å². The maximum Gasteiger partial charge on any atom is 0.289 e. The second-order valence-electron chi connectivity index (χ2n) is 6.18. The number of carbonyl (C=O) groups is 1. The van der Waals surface area contributed by atoms with Crippen LogP contribution in [0.4, 0.5) is 0 Å². The molecule has 1 amide bonds. The van der Waals surface area contributed by atoms with Gasteiger partial charge in [-0.1, -0.05) is 30.3 Å². The highest BCUT2D eigenvalue weighted by Crippen LogP contribution is 2.57. The number of piperidine rings is 1. The quantitative estimate of drug-likeness (QED) is 0.940. The van der Waals surface area contributed by atoms with Gasteiger partial charge in [-0.05, 0) is 31.0 Å². The van der Waals surface area contributed by atoms with E-state index in [0.717, 1.165) is 24.4 Å². The van der Waals surface area contributed by atoms with Gasteiger partial charge in [0.05, 0.1) is 0 Å². The summed E-state index contributed by atoms with van der Waals surface area (Å²) in [6, 6.07) is 13.4. The van der Waals surface area contributed by atoms with E-state index in [-0.39, 0.29) is 11.3 Å². The van der Waals surface area contributed by atoms with Gasteiger partial charge in [0.25, 0.3) is 5.91 Å². The Kier molecular flexibility index (Phi) is 2.69. The van der Waals surface area contributed by atoms with E-state index >= 15 is 0 Å². The van der Waals surface area contributed by atoms with Crippen LogP contribution in [-0.4, -0.2) is 30.4 Å². The Morgan fingerprint density at radius 2 is 2.10 bits per heavy atom. The summed E-state index contributed by atoms with van der Waals surface area (Å²) >= 11 is 0. The average molecular weight is 282 g/mol. The van der Waals surface area contributed by atoms with Gasteiger partial charge in [0, 0.05) is 24.1 Å². The van der Waals surface area contributed by atoms with E-state index in [1.807, 2.05) is 41.3 Å². The number of rotatable bonds is 3. The summed E-state index contributed by atoms with van der Waals surface area (Å²) in [6.07, 6.45) is 1.17. The number of furan rings is 1. The summed E-state index contributed by atoms with van der Waals surface area (Å²) in [5.74, 6) is 1.73. The summed E-state index contributed by atoms with van der Waals surface area (Å²) in [5.41, 5.74) is 7.01. The third kappa shape index (κ3) is 1.98. The van der Waals surface area contributed by atoms with E-state index in [2.05, 4.69) is 0 Å². The van der Waals surface area contributed by atoms with Crippen LogP contribution >= 0.6 is 0 Å². The molecular weight excluding hydrogens is 264 g/mol. The van der Waals surface area contributed by atoms with Crippen molar-refractivity contribution in [3.63, 3.8) is 0 Å². The van der Waals surface area contributed by atoms with Crippen molar-refractivity contribution in [1.29, 1.82) is 0 Å². The minimum absolute atomic E-state index is 0.0165. The van der Waals surface area contributed by atoms with Gasteiger partial charge in [-0.3, -0.25) is 4.79 Å². The topological polar surface area (TPSA) is 59.5 Å². The third-order valence-electron chi connectivity index (χ3n) is 4.87. The normalized spacial score (nSPS) is 26.7. The van der Waals surface area contributed by atoms with E-state index in [9.17, 15) is 4.79 Å². The van der Waals surface area contributed by atoms with Crippen molar-refractivity contribution in [3.05, 3.63) is 48.2 Å². The molecule has 1 saturated carbocycles. The molecule has 4 rings (SSSR count). The van der Waals surface area contributed by atoms with E-state index < -0.39 is 0 Å². The summed E-state index contributed by atoms with van der Waals surface area (Å²) < 4.78 is 5.74. The van der Waals surface area contributed by atoms with Crippen LogP contribution in [0, 0.1) is 11.3 Å². The van der Waals surface area contributed by atoms with Crippen LogP contribution in [0.1, 0.15) is 17.0 Å². The number of benzene rings is 1. The highest BCUT2D eigenvalue weighted by atomic mass is 16.4. The van der Waals surface area contributed by atoms with Crippen LogP contribution in [-0.2, 0) is 0 Å². The third-order valence-corrected chi connectivity index (χ3v) is 4.87. The molecule has 1 aromatic heterocycles. The molecule has 0 bridgehead atoms. The maximum atomic E-state index is 12.5. The molecule has 4 heteroatoms. The first kappa shape index (κ1) is 12.7. The molecule has 21 heavy (non-hydrogen) atoms. The molecule has 0 unspecified atom stereocenters. The second-order valence-corrected chi connectivity index (χ2v) is 6.18. The van der Waals surface area contributed by atoms with Gasteiger partial charge >= 0.3 is 0 Å². The van der Waals surface area contributed by atoms with Crippen molar-refractivity contribution in [2.24, 2.45) is 17.1 Å². The molecule has 1 aliphatic carbocycles. The summed E-state index contributed by atoms with van der Waals surface area (Å²) in [6.45, 7) is 2.26. The first-order valence-electron chi connectivity index (χ1n) is 7.36. The molecule has 2 aromatic rings. The van der Waals surface area contributed by atoms with Gasteiger partial charge in [-0.25, -0.2) is 0 Å². The molecule has 1 aromatic carbocycles.